The van der Waals surface area contributed by atoms with E-state index in [9.17, 15) is 28.8 Å². The van der Waals surface area contributed by atoms with Gasteiger partial charge in [0.1, 0.15) is 18.8 Å². The van der Waals surface area contributed by atoms with Crippen molar-refractivity contribution in [1.82, 2.24) is 0 Å². The van der Waals surface area contributed by atoms with Crippen LogP contribution in [0.15, 0.2) is 0 Å². The van der Waals surface area contributed by atoms with Gasteiger partial charge < -0.3 is 37.9 Å². The molecular weight excluding hydrogens is 476 g/mol. The quantitative estimate of drug-likeness (QED) is 0.276. The zero-order valence-electron chi connectivity index (χ0n) is 20.5. The maximum atomic E-state index is 12.7. The summed E-state index contributed by atoms with van der Waals surface area (Å²) in [5, 5.41) is 0. The van der Waals surface area contributed by atoms with Crippen molar-refractivity contribution in [2.75, 3.05) is 20.8 Å². The minimum Gasteiger partial charge on any atom is -0.465 e. The molecule has 0 saturated carbocycles. The van der Waals surface area contributed by atoms with Crippen LogP contribution in [0.5, 0.6) is 0 Å². The predicted octanol–water partition coefficient (Wildman–Crippen LogP) is -0.419. The van der Waals surface area contributed by atoms with Crippen LogP contribution in [0.3, 0.4) is 0 Å². The van der Waals surface area contributed by atoms with Crippen LogP contribution in [-0.2, 0) is 66.7 Å². The van der Waals surface area contributed by atoms with Crippen LogP contribution < -0.4 is 0 Å². The Bertz CT molecular complexity index is 823. The number of esters is 6. The van der Waals surface area contributed by atoms with Gasteiger partial charge in [-0.2, -0.15) is 0 Å². The van der Waals surface area contributed by atoms with Crippen LogP contribution in [-0.4, -0.2) is 92.9 Å². The molecule has 0 bridgehead atoms. The fraction of sp³-hybridized carbons (Fsp3) is 0.714. The van der Waals surface area contributed by atoms with Gasteiger partial charge in [0.25, 0.3) is 5.79 Å². The van der Waals surface area contributed by atoms with Crippen LogP contribution in [0.25, 0.3) is 0 Å². The van der Waals surface area contributed by atoms with E-state index in [1.54, 1.807) is 0 Å². The number of hydrogen-bond donors (Lipinski definition) is 0. The van der Waals surface area contributed by atoms with E-state index in [4.69, 9.17) is 37.9 Å². The molecule has 198 valence electrons. The molecule has 0 aromatic rings. The van der Waals surface area contributed by atoms with Crippen molar-refractivity contribution in [1.29, 1.82) is 0 Å². The molecule has 35 heavy (non-hydrogen) atoms. The monoisotopic (exact) mass is 506 g/mol. The second-order valence-corrected chi connectivity index (χ2v) is 7.48. The molecular formula is C21H30O14. The lowest BCUT2D eigenvalue weighted by Crippen LogP contribution is -2.66. The van der Waals surface area contributed by atoms with E-state index in [-0.39, 0.29) is 0 Å². The van der Waals surface area contributed by atoms with Gasteiger partial charge in [0.05, 0.1) is 13.5 Å². The predicted molar refractivity (Wildman–Crippen MR) is 110 cm³/mol. The molecule has 1 heterocycles. The minimum atomic E-state index is -2.21. The number of carbonyl (C=O) groups is 6. The van der Waals surface area contributed by atoms with Gasteiger partial charge in [-0.3, -0.25) is 24.0 Å². The smallest absolute Gasteiger partial charge is 0.366 e. The average molecular weight is 506 g/mol. The topological polar surface area (TPSA) is 176 Å². The second kappa shape index (κ2) is 13.0. The highest BCUT2D eigenvalue weighted by Crippen LogP contribution is 2.37. The van der Waals surface area contributed by atoms with E-state index in [1.807, 2.05) is 0 Å². The third-order valence-electron chi connectivity index (χ3n) is 4.69. The van der Waals surface area contributed by atoms with Gasteiger partial charge in [0.2, 0.25) is 0 Å². The zero-order valence-corrected chi connectivity index (χ0v) is 20.5. The van der Waals surface area contributed by atoms with Crippen LogP contribution in [0.1, 0.15) is 41.0 Å². The van der Waals surface area contributed by atoms with Gasteiger partial charge in [0.15, 0.2) is 18.3 Å². The first kappa shape index (κ1) is 29.8. The summed E-state index contributed by atoms with van der Waals surface area (Å²) >= 11 is 0. The summed E-state index contributed by atoms with van der Waals surface area (Å²) in [7, 11) is 2.15. The van der Waals surface area contributed by atoms with E-state index in [0.29, 0.717) is 0 Å². The Morgan fingerprint density at radius 1 is 0.829 bits per heavy atom. The third kappa shape index (κ3) is 8.47. The summed E-state index contributed by atoms with van der Waals surface area (Å²) in [6, 6.07) is 0. The van der Waals surface area contributed by atoms with Gasteiger partial charge in [-0.25, -0.2) is 4.79 Å². The number of hydrogen-bond acceptors (Lipinski definition) is 14. The Labute approximate surface area is 201 Å². The Morgan fingerprint density at radius 2 is 1.40 bits per heavy atom. The first-order valence-corrected chi connectivity index (χ1v) is 10.4. The molecule has 1 saturated heterocycles. The molecule has 0 radical (unpaired) electrons. The zero-order chi connectivity index (χ0) is 26.9. The number of rotatable bonds is 10. The van der Waals surface area contributed by atoms with Gasteiger partial charge in [-0.15, -0.1) is 0 Å². The second-order valence-electron chi connectivity index (χ2n) is 7.48. The highest BCUT2D eigenvalue weighted by Gasteiger charge is 2.59. The van der Waals surface area contributed by atoms with Crippen molar-refractivity contribution in [3.05, 3.63) is 0 Å². The molecule has 0 unspecified atom stereocenters. The maximum Gasteiger partial charge on any atom is 0.366 e. The lowest BCUT2D eigenvalue weighted by molar-refractivity contribution is -0.324. The molecule has 0 aromatic carbocycles. The fourth-order valence-corrected chi connectivity index (χ4v) is 3.49. The Kier molecular flexibility index (Phi) is 11.1. The molecule has 1 aliphatic heterocycles. The summed E-state index contributed by atoms with van der Waals surface area (Å²) < 4.78 is 42.0. The molecule has 1 fully saturated rings. The van der Waals surface area contributed by atoms with E-state index >= 15 is 0 Å². The fourth-order valence-electron chi connectivity index (χ4n) is 3.49. The normalized spacial score (nSPS) is 25.3. The lowest BCUT2D eigenvalue weighted by atomic mass is 9.90. The molecule has 14 heteroatoms. The van der Waals surface area contributed by atoms with Crippen molar-refractivity contribution in [2.45, 2.75) is 77.3 Å². The van der Waals surface area contributed by atoms with Crippen molar-refractivity contribution in [3.8, 4) is 0 Å². The molecule has 0 spiro atoms. The van der Waals surface area contributed by atoms with E-state index in [1.165, 1.54) is 0 Å². The highest BCUT2D eigenvalue weighted by atomic mass is 16.7. The SMILES string of the molecule is COC(=O)[C@@]1(OC)C[C@H](OC(C)=O)[C@@H](OC(C)=O)[C@H]([C@H](OC(C)=O)[C@@H](COC(C)=O)OC(C)=O)O1. The molecule has 14 nitrogen and oxygen atoms in total. The Balaban J connectivity index is 3.72. The molecule has 1 aliphatic rings. The van der Waals surface area contributed by atoms with Crippen LogP contribution in [0, 0.1) is 0 Å². The lowest BCUT2D eigenvalue weighted by Gasteiger charge is -2.47. The largest absolute Gasteiger partial charge is 0.465 e. The van der Waals surface area contributed by atoms with E-state index in [2.05, 4.69) is 0 Å². The van der Waals surface area contributed by atoms with Crippen molar-refractivity contribution < 1.29 is 66.7 Å². The number of carbonyl (C=O) groups excluding carboxylic acids is 6. The summed E-state index contributed by atoms with van der Waals surface area (Å²) in [4.78, 5) is 71.6. The minimum absolute atomic E-state index is 0.473. The summed E-state index contributed by atoms with van der Waals surface area (Å²) in [6.45, 7) is 4.70. The molecule has 6 atom stereocenters. The molecule has 0 N–H and O–H groups in total. The standard InChI is InChI=1S/C21H30O14/c1-10(22)30-9-16(32-12(3)24)18(34-14(5)26)19-17(33-13(4)25)15(31-11(2)23)8-21(29-7,35-19)20(27)28-6/h15-19H,8-9H2,1-7H3/t15-,16+,17+,18+,19+,21+/m0/s1. The Hall–Kier alpha value is -3.26. The highest BCUT2D eigenvalue weighted by molar-refractivity contribution is 5.78. The number of ether oxygens (including phenoxy) is 8. The summed E-state index contributed by atoms with van der Waals surface area (Å²) in [6.07, 6.45) is -8.09. The van der Waals surface area contributed by atoms with E-state index in [0.717, 1.165) is 48.8 Å². The Morgan fingerprint density at radius 3 is 1.83 bits per heavy atom. The maximum absolute atomic E-state index is 12.7. The van der Waals surface area contributed by atoms with Gasteiger partial charge in [-0.1, -0.05) is 0 Å². The first-order valence-electron chi connectivity index (χ1n) is 10.4. The van der Waals surface area contributed by atoms with Crippen molar-refractivity contribution in [3.63, 3.8) is 0 Å². The molecule has 0 aromatic heterocycles. The van der Waals surface area contributed by atoms with Crippen molar-refractivity contribution >= 4 is 35.8 Å². The van der Waals surface area contributed by atoms with Crippen molar-refractivity contribution in [2.24, 2.45) is 0 Å². The molecule has 1 rings (SSSR count). The third-order valence-corrected chi connectivity index (χ3v) is 4.69. The van der Waals surface area contributed by atoms with Gasteiger partial charge >= 0.3 is 35.8 Å². The van der Waals surface area contributed by atoms with Gasteiger partial charge in [-0.05, 0) is 0 Å². The summed E-state index contributed by atoms with van der Waals surface area (Å²) in [5.41, 5.74) is 0. The first-order chi connectivity index (χ1) is 16.3. The van der Waals surface area contributed by atoms with Crippen LogP contribution in [0.4, 0.5) is 0 Å². The van der Waals surface area contributed by atoms with E-state index < -0.39 is 85.2 Å². The van der Waals surface area contributed by atoms with Gasteiger partial charge in [0, 0.05) is 41.7 Å². The van der Waals surface area contributed by atoms with Crippen LogP contribution >= 0.6 is 0 Å². The van der Waals surface area contributed by atoms with Crippen LogP contribution in [0.2, 0.25) is 0 Å². The number of methoxy groups -OCH3 is 2. The average Bonchev–Trinajstić information content (AvgIpc) is 2.74. The summed E-state index contributed by atoms with van der Waals surface area (Å²) in [5.74, 6) is -7.39. The molecule has 0 aliphatic carbocycles. The molecule has 0 amide bonds.